The van der Waals surface area contributed by atoms with Crippen molar-refractivity contribution in [2.75, 3.05) is 6.61 Å². The molecule has 0 heterocycles. The van der Waals surface area contributed by atoms with Crippen molar-refractivity contribution in [3.8, 4) is 5.75 Å². The van der Waals surface area contributed by atoms with Gasteiger partial charge >= 0.3 is 0 Å². The van der Waals surface area contributed by atoms with Gasteiger partial charge in [0.25, 0.3) is 5.91 Å². The number of nitrogens with zero attached hydrogens (tertiary/aromatic N) is 1. The lowest BCUT2D eigenvalue weighted by Gasteiger charge is -2.33. The van der Waals surface area contributed by atoms with Crippen LogP contribution < -0.4 is 10.1 Å². The number of rotatable bonds is 9. The average Bonchev–Trinajstić information content (AvgIpc) is 2.81. The predicted octanol–water partition coefficient (Wildman–Crippen LogP) is 4.90. The maximum atomic E-state index is 14.6. The summed E-state index contributed by atoms with van der Waals surface area (Å²) in [6.07, 6.45) is 0.211. The van der Waals surface area contributed by atoms with Crippen LogP contribution in [0.15, 0.2) is 78.9 Å². The Bertz CT molecular complexity index is 1150. The van der Waals surface area contributed by atoms with E-state index in [9.17, 15) is 18.4 Å². The summed E-state index contributed by atoms with van der Waals surface area (Å²) in [5.74, 6) is -2.12. The Labute approximate surface area is 204 Å². The molecule has 0 bridgehead atoms. The van der Waals surface area contributed by atoms with Gasteiger partial charge in [-0.15, -0.1) is 0 Å². The molecular formula is C28H30F2N2O3. The second-order valence-electron chi connectivity index (χ2n) is 9.28. The minimum atomic E-state index is -0.951. The lowest BCUT2D eigenvalue weighted by Crippen LogP contribution is -2.55. The molecule has 2 amide bonds. The van der Waals surface area contributed by atoms with Crippen molar-refractivity contribution < 1.29 is 23.1 Å². The number of benzene rings is 3. The molecule has 0 spiro atoms. The van der Waals surface area contributed by atoms with Crippen LogP contribution >= 0.6 is 0 Å². The summed E-state index contributed by atoms with van der Waals surface area (Å²) in [7, 11) is 0. The normalized spacial score (nSPS) is 12.0. The SMILES string of the molecule is CC(C)(C)NC(=O)[C@H](Cc1ccccc1)N(Cc1ccccc1F)C(=O)COc1ccccc1F. The summed E-state index contributed by atoms with van der Waals surface area (Å²) in [6, 6.07) is 20.2. The van der Waals surface area contributed by atoms with Crippen molar-refractivity contribution in [2.45, 2.75) is 45.3 Å². The van der Waals surface area contributed by atoms with E-state index >= 15 is 0 Å². The molecule has 184 valence electrons. The van der Waals surface area contributed by atoms with Gasteiger partial charge in [-0.05, 0) is 44.5 Å². The van der Waals surface area contributed by atoms with Crippen LogP contribution in [0.3, 0.4) is 0 Å². The number of hydrogen-bond acceptors (Lipinski definition) is 3. The average molecular weight is 481 g/mol. The fourth-order valence-corrected chi connectivity index (χ4v) is 3.60. The number of hydrogen-bond donors (Lipinski definition) is 1. The van der Waals surface area contributed by atoms with Crippen LogP contribution in [0.4, 0.5) is 8.78 Å². The van der Waals surface area contributed by atoms with Gasteiger partial charge in [-0.3, -0.25) is 9.59 Å². The second kappa shape index (κ2) is 11.6. The Balaban J connectivity index is 1.95. The summed E-state index contributed by atoms with van der Waals surface area (Å²) in [5, 5.41) is 2.93. The molecule has 3 rings (SSSR count). The maximum absolute atomic E-state index is 14.6. The Morgan fingerprint density at radius 2 is 1.49 bits per heavy atom. The molecule has 3 aromatic carbocycles. The number of carbonyl (C=O) groups excluding carboxylic acids is 2. The van der Waals surface area contributed by atoms with Gasteiger partial charge in [0, 0.05) is 24.1 Å². The van der Waals surface area contributed by atoms with Crippen molar-refractivity contribution in [3.05, 3.63) is 102 Å². The summed E-state index contributed by atoms with van der Waals surface area (Å²) in [6.45, 7) is 4.86. The molecular weight excluding hydrogens is 450 g/mol. The number of para-hydroxylation sites is 1. The molecule has 5 nitrogen and oxygen atoms in total. The molecule has 35 heavy (non-hydrogen) atoms. The molecule has 7 heteroatoms. The van der Waals surface area contributed by atoms with E-state index in [1.54, 1.807) is 24.3 Å². The van der Waals surface area contributed by atoms with Crippen molar-refractivity contribution >= 4 is 11.8 Å². The highest BCUT2D eigenvalue weighted by Crippen LogP contribution is 2.19. The maximum Gasteiger partial charge on any atom is 0.261 e. The Morgan fingerprint density at radius 1 is 0.886 bits per heavy atom. The van der Waals surface area contributed by atoms with Crippen LogP contribution in [0, 0.1) is 11.6 Å². The number of ether oxygens (including phenoxy) is 1. The first-order valence-electron chi connectivity index (χ1n) is 11.4. The highest BCUT2D eigenvalue weighted by molar-refractivity contribution is 5.89. The van der Waals surface area contributed by atoms with E-state index in [1.165, 1.54) is 29.2 Å². The topological polar surface area (TPSA) is 58.6 Å². The van der Waals surface area contributed by atoms with E-state index in [-0.39, 0.29) is 30.2 Å². The van der Waals surface area contributed by atoms with Gasteiger partial charge in [0.2, 0.25) is 5.91 Å². The molecule has 1 N–H and O–H groups in total. The van der Waals surface area contributed by atoms with Crippen LogP contribution in [0.25, 0.3) is 0 Å². The van der Waals surface area contributed by atoms with E-state index in [1.807, 2.05) is 51.1 Å². The fraction of sp³-hybridized carbons (Fsp3) is 0.286. The van der Waals surface area contributed by atoms with E-state index in [2.05, 4.69) is 5.32 Å². The lowest BCUT2D eigenvalue weighted by molar-refractivity contribution is -0.143. The molecule has 1 atom stereocenters. The van der Waals surface area contributed by atoms with E-state index in [0.29, 0.717) is 0 Å². The summed E-state index contributed by atoms with van der Waals surface area (Å²) in [4.78, 5) is 28.1. The summed E-state index contributed by atoms with van der Waals surface area (Å²) in [5.41, 5.74) is 0.541. The minimum Gasteiger partial charge on any atom is -0.481 e. The molecule has 0 radical (unpaired) electrons. The van der Waals surface area contributed by atoms with Crippen LogP contribution in [0.2, 0.25) is 0 Å². The summed E-state index contributed by atoms with van der Waals surface area (Å²) >= 11 is 0. The van der Waals surface area contributed by atoms with Gasteiger partial charge in [0.05, 0.1) is 0 Å². The molecule has 0 fully saturated rings. The van der Waals surface area contributed by atoms with Crippen molar-refractivity contribution in [3.63, 3.8) is 0 Å². The molecule has 0 unspecified atom stereocenters. The number of amides is 2. The molecule has 0 aliphatic heterocycles. The van der Waals surface area contributed by atoms with Gasteiger partial charge in [-0.25, -0.2) is 8.78 Å². The van der Waals surface area contributed by atoms with E-state index < -0.39 is 35.7 Å². The predicted molar refractivity (Wildman–Crippen MR) is 131 cm³/mol. The highest BCUT2D eigenvalue weighted by Gasteiger charge is 2.33. The zero-order chi connectivity index (χ0) is 25.4. The molecule has 3 aromatic rings. The fourth-order valence-electron chi connectivity index (χ4n) is 3.60. The molecule has 0 aliphatic rings. The third kappa shape index (κ3) is 7.64. The lowest BCUT2D eigenvalue weighted by atomic mass is 10.0. The molecule has 0 aromatic heterocycles. The highest BCUT2D eigenvalue weighted by atomic mass is 19.1. The Hall–Kier alpha value is -3.74. The number of nitrogens with one attached hydrogen (secondary N) is 1. The number of halogens is 2. The van der Waals surface area contributed by atoms with Crippen molar-refractivity contribution in [1.29, 1.82) is 0 Å². The van der Waals surface area contributed by atoms with Gasteiger partial charge in [0.1, 0.15) is 11.9 Å². The monoisotopic (exact) mass is 480 g/mol. The van der Waals surface area contributed by atoms with Gasteiger partial charge < -0.3 is 15.0 Å². The van der Waals surface area contributed by atoms with Gasteiger partial charge in [0.15, 0.2) is 18.2 Å². The first kappa shape index (κ1) is 25.9. The van der Waals surface area contributed by atoms with Crippen LogP contribution in [0.5, 0.6) is 5.75 Å². The first-order valence-corrected chi connectivity index (χ1v) is 11.4. The van der Waals surface area contributed by atoms with Crippen molar-refractivity contribution in [1.82, 2.24) is 10.2 Å². The van der Waals surface area contributed by atoms with Gasteiger partial charge in [-0.1, -0.05) is 60.7 Å². The second-order valence-corrected chi connectivity index (χ2v) is 9.28. The summed E-state index contributed by atoms with van der Waals surface area (Å²) < 4.78 is 34.0. The quantitative estimate of drug-likeness (QED) is 0.474. The molecule has 0 aliphatic carbocycles. The number of carbonyl (C=O) groups is 2. The van der Waals surface area contributed by atoms with Crippen LogP contribution in [0.1, 0.15) is 31.9 Å². The smallest absolute Gasteiger partial charge is 0.261 e. The van der Waals surface area contributed by atoms with Crippen LogP contribution in [-0.4, -0.2) is 34.9 Å². The molecule has 0 saturated carbocycles. The third-order valence-electron chi connectivity index (χ3n) is 5.26. The van der Waals surface area contributed by atoms with Crippen molar-refractivity contribution in [2.24, 2.45) is 0 Å². The zero-order valence-corrected chi connectivity index (χ0v) is 20.1. The van der Waals surface area contributed by atoms with Gasteiger partial charge in [-0.2, -0.15) is 0 Å². The third-order valence-corrected chi connectivity index (χ3v) is 5.26. The molecule has 0 saturated heterocycles. The minimum absolute atomic E-state index is 0.0783. The van der Waals surface area contributed by atoms with Crippen LogP contribution in [-0.2, 0) is 22.6 Å². The largest absolute Gasteiger partial charge is 0.481 e. The zero-order valence-electron chi connectivity index (χ0n) is 20.1. The Morgan fingerprint density at radius 3 is 2.11 bits per heavy atom. The van der Waals surface area contributed by atoms with E-state index in [0.717, 1.165) is 5.56 Å². The Kier molecular flexibility index (Phi) is 8.58. The standard InChI is InChI=1S/C28H30F2N2O3/c1-28(2,3)31-27(34)24(17-20-11-5-4-6-12-20)32(18-21-13-7-8-14-22(21)29)26(33)19-35-25-16-10-9-15-23(25)30/h4-16,24H,17-19H2,1-3H3,(H,31,34)/t24-/m0/s1. The van der Waals surface area contributed by atoms with E-state index in [4.69, 9.17) is 4.74 Å². The first-order chi connectivity index (χ1) is 16.6.